The second-order valence-corrected chi connectivity index (χ2v) is 4.25. The quantitative estimate of drug-likeness (QED) is 0.726. The normalized spacial score (nSPS) is 11.9. The van der Waals surface area contributed by atoms with E-state index in [2.05, 4.69) is 29.8 Å². The molecule has 0 aromatic heterocycles. The highest BCUT2D eigenvalue weighted by Crippen LogP contribution is 2.22. The molecule has 1 rings (SSSR count). The third-order valence-corrected chi connectivity index (χ3v) is 2.72. The van der Waals surface area contributed by atoms with Gasteiger partial charge in [-0.25, -0.2) is 4.79 Å². The third-order valence-electron chi connectivity index (χ3n) is 2.72. The molecule has 1 aromatic rings. The first-order valence-electron chi connectivity index (χ1n) is 6.56. The number of carbonyl (C=O) groups excluding carboxylic acids is 1. The molecular formula is C14H23N3O. The van der Waals surface area contributed by atoms with Gasteiger partial charge in [0.25, 0.3) is 0 Å². The average molecular weight is 249 g/mol. The molecule has 0 saturated heterocycles. The number of urea groups is 1. The molecule has 0 fully saturated rings. The summed E-state index contributed by atoms with van der Waals surface area (Å²) in [6, 6.07) is 7.94. The van der Waals surface area contributed by atoms with E-state index >= 15 is 0 Å². The topological polar surface area (TPSA) is 53.2 Å². The number of rotatable bonds is 6. The minimum atomic E-state index is -0.145. The highest BCUT2D eigenvalue weighted by Gasteiger charge is 2.10. The van der Waals surface area contributed by atoms with Crippen molar-refractivity contribution in [3.8, 4) is 0 Å². The molecule has 18 heavy (non-hydrogen) atoms. The van der Waals surface area contributed by atoms with Crippen molar-refractivity contribution in [1.82, 2.24) is 10.6 Å². The zero-order chi connectivity index (χ0) is 13.4. The van der Waals surface area contributed by atoms with Crippen molar-refractivity contribution in [2.24, 2.45) is 0 Å². The molecule has 0 heterocycles. The molecule has 1 unspecified atom stereocenters. The van der Waals surface area contributed by atoms with Crippen LogP contribution in [0.1, 0.15) is 38.8 Å². The first kappa shape index (κ1) is 14.5. The Labute approximate surface area is 109 Å². The number of carbonyl (C=O) groups is 1. The van der Waals surface area contributed by atoms with Gasteiger partial charge < -0.3 is 16.0 Å². The van der Waals surface area contributed by atoms with E-state index in [9.17, 15) is 4.79 Å². The van der Waals surface area contributed by atoms with Gasteiger partial charge in [0.1, 0.15) is 0 Å². The molecule has 100 valence electrons. The van der Waals surface area contributed by atoms with E-state index in [1.54, 1.807) is 0 Å². The lowest BCUT2D eigenvalue weighted by atomic mass is 10.1. The first-order valence-corrected chi connectivity index (χ1v) is 6.56. The SMILES string of the molecule is CCCNC(=O)Nc1ccccc1C(C)NCC. The number of nitrogens with one attached hydrogen (secondary N) is 3. The summed E-state index contributed by atoms with van der Waals surface area (Å²) in [4.78, 5) is 11.7. The van der Waals surface area contributed by atoms with Gasteiger partial charge in [0.2, 0.25) is 0 Å². The minimum Gasteiger partial charge on any atom is -0.338 e. The van der Waals surface area contributed by atoms with Crippen LogP contribution in [0.3, 0.4) is 0 Å². The maximum Gasteiger partial charge on any atom is 0.319 e. The minimum absolute atomic E-state index is 0.145. The number of benzene rings is 1. The van der Waals surface area contributed by atoms with E-state index in [1.165, 1.54) is 0 Å². The molecule has 0 aliphatic carbocycles. The maximum atomic E-state index is 11.7. The Hall–Kier alpha value is -1.55. The van der Waals surface area contributed by atoms with Gasteiger partial charge in [-0.1, -0.05) is 32.0 Å². The molecule has 0 saturated carbocycles. The number of anilines is 1. The number of amides is 2. The zero-order valence-corrected chi connectivity index (χ0v) is 11.4. The van der Waals surface area contributed by atoms with Gasteiger partial charge in [0, 0.05) is 18.3 Å². The zero-order valence-electron chi connectivity index (χ0n) is 11.4. The Morgan fingerprint density at radius 1 is 1.28 bits per heavy atom. The molecule has 1 atom stereocenters. The summed E-state index contributed by atoms with van der Waals surface area (Å²) in [5, 5.41) is 9.05. The van der Waals surface area contributed by atoms with Crippen molar-refractivity contribution < 1.29 is 4.79 Å². The van der Waals surface area contributed by atoms with Crippen LogP contribution in [0.2, 0.25) is 0 Å². The van der Waals surface area contributed by atoms with E-state index in [1.807, 2.05) is 31.2 Å². The summed E-state index contributed by atoms with van der Waals surface area (Å²) < 4.78 is 0. The van der Waals surface area contributed by atoms with E-state index < -0.39 is 0 Å². The lowest BCUT2D eigenvalue weighted by molar-refractivity contribution is 0.252. The van der Waals surface area contributed by atoms with Crippen molar-refractivity contribution >= 4 is 11.7 Å². The summed E-state index contributed by atoms with van der Waals surface area (Å²) in [5.74, 6) is 0. The summed E-state index contributed by atoms with van der Waals surface area (Å²) in [5.41, 5.74) is 1.96. The second kappa shape index (κ2) is 7.71. The summed E-state index contributed by atoms with van der Waals surface area (Å²) in [6.07, 6.45) is 0.933. The molecule has 4 nitrogen and oxygen atoms in total. The summed E-state index contributed by atoms with van der Waals surface area (Å²) in [6.45, 7) is 7.78. The van der Waals surface area contributed by atoms with Gasteiger partial charge in [-0.3, -0.25) is 0 Å². The van der Waals surface area contributed by atoms with Gasteiger partial charge in [-0.2, -0.15) is 0 Å². The van der Waals surface area contributed by atoms with E-state index in [4.69, 9.17) is 0 Å². The van der Waals surface area contributed by atoms with Crippen LogP contribution < -0.4 is 16.0 Å². The van der Waals surface area contributed by atoms with Crippen LogP contribution >= 0.6 is 0 Å². The number of hydrogen-bond acceptors (Lipinski definition) is 2. The van der Waals surface area contributed by atoms with Crippen molar-refractivity contribution in [2.75, 3.05) is 18.4 Å². The molecular weight excluding hydrogens is 226 g/mol. The molecule has 0 spiro atoms. The van der Waals surface area contributed by atoms with Gasteiger partial charge in [-0.15, -0.1) is 0 Å². The average Bonchev–Trinajstić information content (AvgIpc) is 2.37. The predicted octanol–water partition coefficient (Wildman–Crippen LogP) is 2.89. The third kappa shape index (κ3) is 4.37. The Balaban J connectivity index is 2.72. The summed E-state index contributed by atoms with van der Waals surface area (Å²) in [7, 11) is 0. The van der Waals surface area contributed by atoms with E-state index in [-0.39, 0.29) is 12.1 Å². The Bertz CT molecular complexity index is 379. The highest BCUT2D eigenvalue weighted by atomic mass is 16.2. The molecule has 0 bridgehead atoms. The van der Waals surface area contributed by atoms with Crippen LogP contribution in [-0.4, -0.2) is 19.1 Å². The summed E-state index contributed by atoms with van der Waals surface area (Å²) >= 11 is 0. The van der Waals surface area contributed by atoms with Crippen molar-refractivity contribution in [3.63, 3.8) is 0 Å². The van der Waals surface area contributed by atoms with Crippen molar-refractivity contribution in [3.05, 3.63) is 29.8 Å². The smallest absolute Gasteiger partial charge is 0.319 e. The molecule has 0 aliphatic rings. The Morgan fingerprint density at radius 3 is 2.67 bits per heavy atom. The van der Waals surface area contributed by atoms with Crippen LogP contribution in [0.25, 0.3) is 0 Å². The molecule has 0 aliphatic heterocycles. The lowest BCUT2D eigenvalue weighted by Gasteiger charge is -2.17. The monoisotopic (exact) mass is 249 g/mol. The van der Waals surface area contributed by atoms with Crippen molar-refractivity contribution in [2.45, 2.75) is 33.2 Å². The fraction of sp³-hybridized carbons (Fsp3) is 0.500. The largest absolute Gasteiger partial charge is 0.338 e. The van der Waals surface area contributed by atoms with Crippen LogP contribution in [-0.2, 0) is 0 Å². The standard InChI is InChI=1S/C14H23N3O/c1-4-10-16-14(18)17-13-9-7-6-8-12(13)11(3)15-5-2/h6-9,11,15H,4-5,10H2,1-3H3,(H2,16,17,18). The van der Waals surface area contributed by atoms with E-state index in [0.717, 1.165) is 24.2 Å². The molecule has 4 heteroatoms. The fourth-order valence-corrected chi connectivity index (χ4v) is 1.81. The fourth-order valence-electron chi connectivity index (χ4n) is 1.81. The van der Waals surface area contributed by atoms with Gasteiger partial charge >= 0.3 is 6.03 Å². The molecule has 3 N–H and O–H groups in total. The lowest BCUT2D eigenvalue weighted by Crippen LogP contribution is -2.30. The van der Waals surface area contributed by atoms with Gasteiger partial charge in [-0.05, 0) is 31.5 Å². The number of hydrogen-bond donors (Lipinski definition) is 3. The predicted molar refractivity (Wildman–Crippen MR) is 75.8 cm³/mol. The van der Waals surface area contributed by atoms with Crippen LogP contribution in [0, 0.1) is 0 Å². The maximum absolute atomic E-state index is 11.7. The van der Waals surface area contributed by atoms with Crippen LogP contribution in [0.4, 0.5) is 10.5 Å². The van der Waals surface area contributed by atoms with Crippen molar-refractivity contribution in [1.29, 1.82) is 0 Å². The Morgan fingerprint density at radius 2 is 2.00 bits per heavy atom. The van der Waals surface area contributed by atoms with Crippen LogP contribution in [0.5, 0.6) is 0 Å². The molecule has 1 aromatic carbocycles. The first-order chi connectivity index (χ1) is 8.69. The molecule has 0 radical (unpaired) electrons. The van der Waals surface area contributed by atoms with Gasteiger partial charge in [0.05, 0.1) is 0 Å². The van der Waals surface area contributed by atoms with Gasteiger partial charge in [0.15, 0.2) is 0 Å². The highest BCUT2D eigenvalue weighted by molar-refractivity contribution is 5.90. The Kier molecular flexibility index (Phi) is 6.22. The number of para-hydroxylation sites is 1. The second-order valence-electron chi connectivity index (χ2n) is 4.25. The van der Waals surface area contributed by atoms with Crippen LogP contribution in [0.15, 0.2) is 24.3 Å². The van der Waals surface area contributed by atoms with E-state index in [0.29, 0.717) is 6.54 Å². The molecule has 2 amide bonds.